The van der Waals surface area contributed by atoms with Crippen LogP contribution < -0.4 is 24.4 Å². The second kappa shape index (κ2) is 12.2. The molecule has 4 amide bonds. The first kappa shape index (κ1) is 30.9. The van der Waals surface area contributed by atoms with Crippen molar-refractivity contribution in [3.63, 3.8) is 0 Å². The third kappa shape index (κ3) is 4.77. The highest BCUT2D eigenvalue weighted by atomic mass is 16.5. The topological polar surface area (TPSA) is 118 Å². The second-order valence-electron chi connectivity index (χ2n) is 12.0. The Kier molecular flexibility index (Phi) is 7.84. The first-order chi connectivity index (χ1) is 23.3. The zero-order valence-electron chi connectivity index (χ0n) is 26.8. The Labute approximate surface area is 277 Å². The van der Waals surface area contributed by atoms with Gasteiger partial charge in [0.2, 0.25) is 11.7 Å². The van der Waals surface area contributed by atoms with E-state index in [4.69, 9.17) is 14.2 Å². The van der Waals surface area contributed by atoms with E-state index in [0.29, 0.717) is 34.1 Å². The van der Waals surface area contributed by atoms with E-state index in [1.165, 1.54) is 26.3 Å². The van der Waals surface area contributed by atoms with Crippen LogP contribution in [0.1, 0.15) is 39.1 Å². The minimum absolute atomic E-state index is 0.352. The summed E-state index contributed by atoms with van der Waals surface area (Å²) >= 11 is 0. The molecule has 0 aliphatic carbocycles. The molecule has 0 spiro atoms. The number of rotatable bonds is 8. The SMILES string of the molecule is COc1cc([C@H]2[C@H]3C(=O)N(c4ccc(C)cc4)C(=O)[C@H]3N3C(=O)[C@H](NC(=O)c4ccccc4)[C@@H](c4ccccc4)N23)cc(OC)c1OC. The van der Waals surface area contributed by atoms with Crippen molar-refractivity contribution in [2.75, 3.05) is 26.2 Å². The second-order valence-corrected chi connectivity index (χ2v) is 12.0. The lowest BCUT2D eigenvalue weighted by atomic mass is 9.87. The Morgan fingerprint density at radius 1 is 0.667 bits per heavy atom. The molecule has 3 fully saturated rings. The van der Waals surface area contributed by atoms with Gasteiger partial charge in [0.1, 0.15) is 12.1 Å². The molecule has 0 saturated carbocycles. The van der Waals surface area contributed by atoms with Crippen LogP contribution in [0.2, 0.25) is 0 Å². The van der Waals surface area contributed by atoms with E-state index in [9.17, 15) is 19.2 Å². The summed E-state index contributed by atoms with van der Waals surface area (Å²) in [6.07, 6.45) is 0. The number of fused-ring (bicyclic) bond motifs is 3. The summed E-state index contributed by atoms with van der Waals surface area (Å²) < 4.78 is 16.9. The molecule has 3 aliphatic heterocycles. The van der Waals surface area contributed by atoms with Gasteiger partial charge in [-0.05, 0) is 54.4 Å². The number of benzene rings is 4. The van der Waals surface area contributed by atoms with E-state index in [1.807, 2.05) is 49.4 Å². The smallest absolute Gasteiger partial charge is 0.262 e. The summed E-state index contributed by atoms with van der Waals surface area (Å²) in [5.74, 6) is -1.82. The zero-order chi connectivity index (χ0) is 33.7. The van der Waals surface area contributed by atoms with E-state index >= 15 is 0 Å². The number of anilines is 1. The van der Waals surface area contributed by atoms with Crippen molar-refractivity contribution in [3.8, 4) is 17.2 Å². The lowest BCUT2D eigenvalue weighted by Crippen LogP contribution is -2.48. The number of hydrogen-bond acceptors (Lipinski definition) is 8. The first-order valence-corrected chi connectivity index (χ1v) is 15.6. The van der Waals surface area contributed by atoms with Gasteiger partial charge in [0, 0.05) is 5.56 Å². The number of nitrogens with one attached hydrogen (secondary N) is 1. The molecule has 0 aromatic heterocycles. The minimum Gasteiger partial charge on any atom is -0.493 e. The van der Waals surface area contributed by atoms with Gasteiger partial charge < -0.3 is 19.5 Å². The van der Waals surface area contributed by atoms with Gasteiger partial charge in [-0.15, -0.1) is 0 Å². The predicted molar refractivity (Wildman–Crippen MR) is 175 cm³/mol. The van der Waals surface area contributed by atoms with Gasteiger partial charge in [0.25, 0.3) is 17.7 Å². The van der Waals surface area contributed by atoms with Crippen molar-refractivity contribution < 1.29 is 33.4 Å². The number of aryl methyl sites for hydroxylation is 1. The van der Waals surface area contributed by atoms with E-state index in [0.717, 1.165) is 16.0 Å². The van der Waals surface area contributed by atoms with Gasteiger partial charge in [-0.3, -0.25) is 24.2 Å². The average Bonchev–Trinajstić information content (AvgIpc) is 3.69. The molecule has 4 aromatic carbocycles. The fourth-order valence-electron chi connectivity index (χ4n) is 7.20. The number of hydrogen-bond donors (Lipinski definition) is 1. The number of imide groups is 1. The van der Waals surface area contributed by atoms with E-state index in [2.05, 4.69) is 5.32 Å². The highest BCUT2D eigenvalue weighted by Gasteiger charge is 2.69. The fourth-order valence-corrected chi connectivity index (χ4v) is 7.20. The van der Waals surface area contributed by atoms with E-state index < -0.39 is 53.7 Å². The lowest BCUT2D eigenvalue weighted by molar-refractivity contribution is -0.145. The molecule has 3 heterocycles. The van der Waals surface area contributed by atoms with Gasteiger partial charge in [-0.1, -0.05) is 66.2 Å². The van der Waals surface area contributed by atoms with Crippen molar-refractivity contribution in [2.45, 2.75) is 31.1 Å². The number of carbonyl (C=O) groups excluding carboxylic acids is 4. The Bertz CT molecular complexity index is 1880. The maximum absolute atomic E-state index is 14.7. The molecule has 3 aliphatic rings. The summed E-state index contributed by atoms with van der Waals surface area (Å²) in [5.41, 5.74) is 3.06. The summed E-state index contributed by atoms with van der Waals surface area (Å²) in [6.45, 7) is 1.92. The van der Waals surface area contributed by atoms with E-state index in [1.54, 1.807) is 59.6 Å². The molecule has 0 radical (unpaired) electrons. The lowest BCUT2D eigenvalue weighted by Gasteiger charge is -2.34. The number of ether oxygens (including phenoxy) is 3. The molecule has 48 heavy (non-hydrogen) atoms. The molecule has 7 rings (SSSR count). The van der Waals surface area contributed by atoms with Crippen LogP contribution in [0.25, 0.3) is 0 Å². The van der Waals surface area contributed by atoms with Crippen molar-refractivity contribution in [1.82, 2.24) is 15.3 Å². The first-order valence-electron chi connectivity index (χ1n) is 15.6. The van der Waals surface area contributed by atoms with E-state index in [-0.39, 0.29) is 0 Å². The number of amides is 4. The third-order valence-corrected chi connectivity index (χ3v) is 9.33. The van der Waals surface area contributed by atoms with Crippen LogP contribution >= 0.6 is 0 Å². The molecule has 244 valence electrons. The largest absolute Gasteiger partial charge is 0.493 e. The highest BCUT2D eigenvalue weighted by molar-refractivity contribution is 6.25. The van der Waals surface area contributed by atoms with Gasteiger partial charge in [0.05, 0.1) is 45.0 Å². The zero-order valence-corrected chi connectivity index (χ0v) is 26.8. The Hall–Kier alpha value is -5.68. The summed E-state index contributed by atoms with van der Waals surface area (Å²) in [5, 5.41) is 6.13. The normalized spacial score (nSPS) is 23.2. The maximum Gasteiger partial charge on any atom is 0.262 e. The number of methoxy groups -OCH3 is 3. The third-order valence-electron chi connectivity index (χ3n) is 9.33. The van der Waals surface area contributed by atoms with Gasteiger partial charge in [-0.2, -0.15) is 5.01 Å². The Balaban J connectivity index is 1.42. The number of carbonyl (C=O) groups is 4. The van der Waals surface area contributed by atoms with Crippen LogP contribution in [-0.2, 0) is 14.4 Å². The molecule has 4 aromatic rings. The van der Waals surface area contributed by atoms with Crippen molar-refractivity contribution >= 4 is 29.3 Å². The molecule has 11 nitrogen and oxygen atoms in total. The molecular formula is C37H34N4O7. The molecule has 11 heteroatoms. The van der Waals surface area contributed by atoms with Crippen LogP contribution in [0.3, 0.4) is 0 Å². The van der Waals surface area contributed by atoms with Crippen LogP contribution in [0.15, 0.2) is 97.1 Å². The fraction of sp³-hybridized carbons (Fsp3) is 0.243. The Morgan fingerprint density at radius 3 is 1.85 bits per heavy atom. The van der Waals surface area contributed by atoms with Gasteiger partial charge in [-0.25, -0.2) is 4.90 Å². The maximum atomic E-state index is 14.7. The average molecular weight is 647 g/mol. The van der Waals surface area contributed by atoms with Crippen LogP contribution in [0, 0.1) is 12.8 Å². The highest BCUT2D eigenvalue weighted by Crippen LogP contribution is 2.56. The van der Waals surface area contributed by atoms with Crippen LogP contribution in [0.4, 0.5) is 5.69 Å². The summed E-state index contributed by atoms with van der Waals surface area (Å²) in [4.78, 5) is 58.3. The van der Waals surface area contributed by atoms with Gasteiger partial charge >= 0.3 is 0 Å². The molecule has 0 bridgehead atoms. The molecule has 5 atom stereocenters. The quantitative estimate of drug-likeness (QED) is 0.283. The minimum atomic E-state index is -1.17. The molecular weight excluding hydrogens is 612 g/mol. The predicted octanol–water partition coefficient (Wildman–Crippen LogP) is 4.23. The standard InChI is InChI=1S/C37H34N4O7/c1-21-15-17-25(18-16-21)39-35(43)28-30(24-19-26(46-2)33(48-4)27(20-24)47-3)40-31(22-11-7-5-8-12-22)29(36(44)41(40)32(28)37(39)45)38-34(42)23-13-9-6-10-14-23/h5-20,28-32H,1-4H3,(H,38,42)/t28-,29-,30+,31-,32+/m1/s1. The van der Waals surface area contributed by atoms with Crippen molar-refractivity contribution in [1.29, 1.82) is 0 Å². The van der Waals surface area contributed by atoms with Crippen LogP contribution in [0.5, 0.6) is 17.2 Å². The number of nitrogens with zero attached hydrogens (tertiary/aromatic N) is 3. The van der Waals surface area contributed by atoms with Crippen molar-refractivity contribution in [3.05, 3.63) is 119 Å². The number of hydrazine groups is 1. The monoisotopic (exact) mass is 646 g/mol. The van der Waals surface area contributed by atoms with Crippen LogP contribution in [-0.4, -0.2) is 67.1 Å². The summed E-state index contributed by atoms with van der Waals surface area (Å²) in [7, 11) is 4.49. The summed E-state index contributed by atoms with van der Waals surface area (Å²) in [6, 6.07) is 24.6. The molecule has 3 saturated heterocycles. The Morgan fingerprint density at radius 2 is 1.27 bits per heavy atom. The molecule has 1 N–H and O–H groups in total. The molecule has 0 unspecified atom stereocenters. The van der Waals surface area contributed by atoms with Crippen molar-refractivity contribution in [2.24, 2.45) is 5.92 Å². The van der Waals surface area contributed by atoms with Gasteiger partial charge in [0.15, 0.2) is 11.5 Å².